The Morgan fingerprint density at radius 2 is 2.00 bits per heavy atom. The van der Waals surface area contributed by atoms with E-state index >= 15 is 0 Å². The van der Waals surface area contributed by atoms with Gasteiger partial charge in [0, 0.05) is 5.69 Å². The van der Waals surface area contributed by atoms with Crippen molar-refractivity contribution < 1.29 is 8.42 Å². The molecule has 0 atom stereocenters. The molecule has 0 aliphatic heterocycles. The summed E-state index contributed by atoms with van der Waals surface area (Å²) in [7, 11) is -3.47. The van der Waals surface area contributed by atoms with Crippen LogP contribution < -0.4 is 4.72 Å². The Morgan fingerprint density at radius 3 is 2.59 bits per heavy atom. The number of halogens is 1. The fraction of sp³-hybridized carbons (Fsp3) is 0.0909. The Kier molecular flexibility index (Phi) is 3.56. The van der Waals surface area contributed by atoms with Crippen molar-refractivity contribution in [2.75, 3.05) is 4.72 Å². The van der Waals surface area contributed by atoms with Gasteiger partial charge < -0.3 is 0 Å². The van der Waals surface area contributed by atoms with Crippen molar-refractivity contribution in [3.05, 3.63) is 45.7 Å². The summed E-state index contributed by atoms with van der Waals surface area (Å²) >= 11 is 4.43. The predicted molar refractivity (Wildman–Crippen MR) is 74.0 cm³/mol. The van der Waals surface area contributed by atoms with Gasteiger partial charge in [0.1, 0.15) is 4.21 Å². The summed E-state index contributed by atoms with van der Waals surface area (Å²) in [6, 6.07) is 10.5. The van der Waals surface area contributed by atoms with Crippen molar-refractivity contribution in [3.8, 4) is 0 Å². The van der Waals surface area contributed by atoms with Crippen LogP contribution in [0.2, 0.25) is 0 Å². The van der Waals surface area contributed by atoms with Crippen molar-refractivity contribution in [1.29, 1.82) is 0 Å². The van der Waals surface area contributed by atoms with Crippen LogP contribution in [0.25, 0.3) is 0 Å². The molecule has 0 bridgehead atoms. The summed E-state index contributed by atoms with van der Waals surface area (Å²) in [5.41, 5.74) is 1.59. The summed E-state index contributed by atoms with van der Waals surface area (Å²) in [5, 5.41) is 0. The molecule has 2 aromatic rings. The molecule has 0 spiro atoms. The van der Waals surface area contributed by atoms with E-state index in [1.54, 1.807) is 24.3 Å². The number of benzene rings is 1. The highest BCUT2D eigenvalue weighted by Crippen LogP contribution is 2.27. The maximum atomic E-state index is 12.0. The topological polar surface area (TPSA) is 46.2 Å². The van der Waals surface area contributed by atoms with Gasteiger partial charge in [0.25, 0.3) is 10.0 Å². The molecule has 0 radical (unpaired) electrons. The molecule has 0 aliphatic rings. The van der Waals surface area contributed by atoms with Crippen LogP contribution in [0.15, 0.2) is 44.4 Å². The normalized spacial score (nSPS) is 11.4. The van der Waals surface area contributed by atoms with Crippen LogP contribution in [-0.2, 0) is 10.0 Å². The minimum absolute atomic E-state index is 0.297. The van der Waals surface area contributed by atoms with E-state index in [1.807, 2.05) is 19.1 Å². The van der Waals surface area contributed by atoms with Crippen molar-refractivity contribution in [2.24, 2.45) is 0 Å². The van der Waals surface area contributed by atoms with E-state index in [0.717, 1.165) is 9.35 Å². The van der Waals surface area contributed by atoms with Gasteiger partial charge in [0.05, 0.1) is 3.79 Å². The molecule has 0 fully saturated rings. The smallest absolute Gasteiger partial charge is 0.271 e. The molecule has 17 heavy (non-hydrogen) atoms. The monoisotopic (exact) mass is 331 g/mol. The van der Waals surface area contributed by atoms with Gasteiger partial charge in [-0.1, -0.05) is 12.1 Å². The number of nitrogens with one attached hydrogen (secondary N) is 1. The van der Waals surface area contributed by atoms with E-state index < -0.39 is 10.0 Å². The molecule has 3 nitrogen and oxygen atoms in total. The zero-order valence-electron chi connectivity index (χ0n) is 8.98. The highest BCUT2D eigenvalue weighted by atomic mass is 79.9. The van der Waals surface area contributed by atoms with Crippen LogP contribution in [0, 0.1) is 6.92 Å². The van der Waals surface area contributed by atoms with E-state index in [9.17, 15) is 8.42 Å². The summed E-state index contributed by atoms with van der Waals surface area (Å²) in [6.07, 6.45) is 0. The first kappa shape index (κ1) is 12.6. The van der Waals surface area contributed by atoms with E-state index in [2.05, 4.69) is 20.7 Å². The molecule has 6 heteroatoms. The third-order valence-electron chi connectivity index (χ3n) is 2.08. The fourth-order valence-corrected chi connectivity index (χ4v) is 4.42. The Labute approximate surface area is 113 Å². The average molecular weight is 332 g/mol. The maximum Gasteiger partial charge on any atom is 0.271 e. The lowest BCUT2D eigenvalue weighted by molar-refractivity contribution is 0.603. The molecule has 0 aliphatic carbocycles. The summed E-state index contributed by atoms with van der Waals surface area (Å²) in [4.78, 5) is 0. The second-order valence-electron chi connectivity index (χ2n) is 3.53. The lowest BCUT2D eigenvalue weighted by Crippen LogP contribution is -2.11. The van der Waals surface area contributed by atoms with Crippen molar-refractivity contribution in [1.82, 2.24) is 0 Å². The fourth-order valence-electron chi connectivity index (χ4n) is 1.36. The van der Waals surface area contributed by atoms with Gasteiger partial charge in [-0.2, -0.15) is 0 Å². The van der Waals surface area contributed by atoms with Crippen LogP contribution in [0.5, 0.6) is 0 Å². The molecule has 1 aromatic carbocycles. The molecule has 2 rings (SSSR count). The molecule has 0 saturated carbocycles. The van der Waals surface area contributed by atoms with E-state index in [-0.39, 0.29) is 0 Å². The van der Waals surface area contributed by atoms with Crippen molar-refractivity contribution in [2.45, 2.75) is 11.1 Å². The lowest BCUT2D eigenvalue weighted by atomic mass is 10.2. The molecule has 1 N–H and O–H groups in total. The minimum atomic E-state index is -3.47. The van der Waals surface area contributed by atoms with Crippen molar-refractivity contribution >= 4 is 43.0 Å². The second-order valence-corrected chi connectivity index (χ2v) is 7.91. The lowest BCUT2D eigenvalue weighted by Gasteiger charge is -2.06. The van der Waals surface area contributed by atoms with E-state index in [4.69, 9.17) is 0 Å². The molecular weight excluding hydrogens is 322 g/mol. The maximum absolute atomic E-state index is 12.0. The Balaban J connectivity index is 2.29. The zero-order chi connectivity index (χ0) is 12.5. The first-order valence-electron chi connectivity index (χ1n) is 4.82. The Morgan fingerprint density at radius 1 is 1.24 bits per heavy atom. The number of sulfonamides is 1. The number of thiophene rings is 1. The molecule has 90 valence electrons. The van der Waals surface area contributed by atoms with Crippen LogP contribution >= 0.6 is 27.3 Å². The van der Waals surface area contributed by atoms with Gasteiger partial charge in [-0.15, -0.1) is 11.3 Å². The number of hydrogen-bond donors (Lipinski definition) is 1. The SMILES string of the molecule is Cc1cccc(NS(=O)(=O)c2ccc(Br)s2)c1. The van der Waals surface area contributed by atoms with Crippen molar-refractivity contribution in [3.63, 3.8) is 0 Å². The molecule has 1 aromatic heterocycles. The third kappa shape index (κ3) is 3.08. The van der Waals surface area contributed by atoms with Crippen LogP contribution in [-0.4, -0.2) is 8.42 Å². The summed E-state index contributed by atoms with van der Waals surface area (Å²) in [6.45, 7) is 1.92. The first-order chi connectivity index (χ1) is 7.97. The largest absolute Gasteiger partial charge is 0.279 e. The Hall–Kier alpha value is -0.850. The van der Waals surface area contributed by atoms with Gasteiger partial charge in [-0.05, 0) is 52.7 Å². The minimum Gasteiger partial charge on any atom is -0.279 e. The highest BCUT2D eigenvalue weighted by molar-refractivity contribution is 9.11. The van der Waals surface area contributed by atoms with Crippen LogP contribution in [0.1, 0.15) is 5.56 Å². The highest BCUT2D eigenvalue weighted by Gasteiger charge is 2.16. The van der Waals surface area contributed by atoms with Crippen LogP contribution in [0.3, 0.4) is 0 Å². The molecule has 1 heterocycles. The van der Waals surface area contributed by atoms with E-state index in [1.165, 1.54) is 11.3 Å². The second kappa shape index (κ2) is 4.80. The van der Waals surface area contributed by atoms with Gasteiger partial charge in [-0.25, -0.2) is 8.42 Å². The number of hydrogen-bond acceptors (Lipinski definition) is 3. The summed E-state index contributed by atoms with van der Waals surface area (Å²) in [5.74, 6) is 0. The predicted octanol–water partition coefficient (Wildman–Crippen LogP) is 3.62. The van der Waals surface area contributed by atoms with Gasteiger partial charge in [0.15, 0.2) is 0 Å². The van der Waals surface area contributed by atoms with Gasteiger partial charge in [0.2, 0.25) is 0 Å². The molecule has 0 unspecified atom stereocenters. The standard InChI is InChI=1S/C11H10BrNO2S2/c1-8-3-2-4-9(7-8)13-17(14,15)11-6-5-10(12)16-11/h2-7,13H,1H3. The average Bonchev–Trinajstić information content (AvgIpc) is 2.65. The molecular formula is C11H10BrNO2S2. The summed E-state index contributed by atoms with van der Waals surface area (Å²) < 4.78 is 27.7. The quantitative estimate of drug-likeness (QED) is 0.933. The number of rotatable bonds is 3. The molecule has 0 saturated heterocycles. The van der Waals surface area contributed by atoms with Crippen LogP contribution in [0.4, 0.5) is 5.69 Å². The van der Waals surface area contributed by atoms with Gasteiger partial charge >= 0.3 is 0 Å². The van der Waals surface area contributed by atoms with E-state index in [0.29, 0.717) is 9.90 Å². The molecule has 0 amide bonds. The zero-order valence-corrected chi connectivity index (χ0v) is 12.2. The number of aryl methyl sites for hydroxylation is 1. The first-order valence-corrected chi connectivity index (χ1v) is 7.91. The van der Waals surface area contributed by atoms with Gasteiger partial charge in [-0.3, -0.25) is 4.72 Å². The third-order valence-corrected chi connectivity index (χ3v) is 5.58. The number of anilines is 1. The Bertz CT molecular complexity index is 634.